The van der Waals surface area contributed by atoms with Gasteiger partial charge in [-0.2, -0.15) is 0 Å². The Morgan fingerprint density at radius 3 is 1.83 bits per heavy atom. The van der Waals surface area contributed by atoms with Crippen molar-refractivity contribution in [1.82, 2.24) is 0 Å². The standard InChI is InChI=1S/C40H50O/c1-6-10-11-12-35-21-22-38(28-34(35)9-4)40-26-23-37(27-30(40)5)36-19-15-32(16-20-36)13-14-33-17-24-39(25-18-33)41-29-31(7-2)8-3/h15-28,31H,6-14,29H2,1-5H3. The zero-order valence-corrected chi connectivity index (χ0v) is 26.1. The van der Waals surface area contributed by atoms with Gasteiger partial charge in [0, 0.05) is 0 Å². The number of aryl methyl sites for hydroxylation is 5. The molecule has 1 nitrogen and oxygen atoms in total. The molecule has 0 aliphatic rings. The van der Waals surface area contributed by atoms with E-state index in [0.717, 1.165) is 31.6 Å². The zero-order valence-electron chi connectivity index (χ0n) is 26.1. The summed E-state index contributed by atoms with van der Waals surface area (Å²) in [6.45, 7) is 12.1. The second kappa shape index (κ2) is 15.6. The molecule has 0 saturated carbocycles. The maximum Gasteiger partial charge on any atom is 0.119 e. The molecule has 0 unspecified atom stereocenters. The minimum atomic E-state index is 0.644. The molecule has 0 aromatic heterocycles. The van der Waals surface area contributed by atoms with Crippen molar-refractivity contribution in [3.05, 3.63) is 113 Å². The van der Waals surface area contributed by atoms with Crippen LogP contribution in [0.2, 0.25) is 0 Å². The van der Waals surface area contributed by atoms with Crippen LogP contribution in [0.15, 0.2) is 84.9 Å². The molecule has 4 rings (SSSR count). The van der Waals surface area contributed by atoms with Crippen LogP contribution in [0, 0.1) is 12.8 Å². The lowest BCUT2D eigenvalue weighted by molar-refractivity contribution is 0.240. The Kier molecular flexibility index (Phi) is 11.7. The van der Waals surface area contributed by atoms with Gasteiger partial charge in [-0.1, -0.05) is 126 Å². The first kappa shape index (κ1) is 30.6. The third-order valence-corrected chi connectivity index (χ3v) is 8.73. The molecular formula is C40H50O. The fourth-order valence-corrected chi connectivity index (χ4v) is 5.74. The molecule has 0 aliphatic carbocycles. The first-order chi connectivity index (χ1) is 20.0. The van der Waals surface area contributed by atoms with Gasteiger partial charge >= 0.3 is 0 Å². The third kappa shape index (κ3) is 8.59. The largest absolute Gasteiger partial charge is 0.493 e. The number of rotatable bonds is 15. The molecule has 0 saturated heterocycles. The molecule has 0 radical (unpaired) electrons. The van der Waals surface area contributed by atoms with E-state index in [0.29, 0.717) is 5.92 Å². The van der Waals surface area contributed by atoms with Crippen molar-refractivity contribution in [2.45, 2.75) is 92.4 Å². The Bertz CT molecular complexity index is 1340. The van der Waals surface area contributed by atoms with Crippen LogP contribution in [0.4, 0.5) is 0 Å². The van der Waals surface area contributed by atoms with Gasteiger partial charge in [0.15, 0.2) is 0 Å². The minimum absolute atomic E-state index is 0.644. The number of ether oxygens (including phenoxy) is 1. The van der Waals surface area contributed by atoms with Crippen molar-refractivity contribution < 1.29 is 4.74 Å². The second-order valence-electron chi connectivity index (χ2n) is 11.7. The van der Waals surface area contributed by atoms with E-state index in [1.807, 2.05) is 0 Å². The number of benzene rings is 4. The summed E-state index contributed by atoms with van der Waals surface area (Å²) in [4.78, 5) is 0. The maximum atomic E-state index is 6.00. The monoisotopic (exact) mass is 546 g/mol. The highest BCUT2D eigenvalue weighted by atomic mass is 16.5. The molecule has 4 aromatic rings. The average Bonchev–Trinajstić information content (AvgIpc) is 3.01. The molecule has 41 heavy (non-hydrogen) atoms. The Hall–Kier alpha value is -3.32. The van der Waals surface area contributed by atoms with Gasteiger partial charge in [-0.3, -0.25) is 0 Å². The summed E-state index contributed by atoms with van der Waals surface area (Å²) >= 11 is 0. The highest BCUT2D eigenvalue weighted by molar-refractivity contribution is 5.74. The van der Waals surface area contributed by atoms with E-state index in [1.54, 1.807) is 0 Å². The van der Waals surface area contributed by atoms with Crippen LogP contribution < -0.4 is 4.74 Å². The number of hydrogen-bond donors (Lipinski definition) is 0. The van der Waals surface area contributed by atoms with Gasteiger partial charge in [0.05, 0.1) is 6.61 Å². The van der Waals surface area contributed by atoms with Crippen molar-refractivity contribution in [3.8, 4) is 28.0 Å². The first-order valence-corrected chi connectivity index (χ1v) is 16.1. The van der Waals surface area contributed by atoms with Crippen LogP contribution in [-0.2, 0) is 25.7 Å². The van der Waals surface area contributed by atoms with Crippen LogP contribution >= 0.6 is 0 Å². The van der Waals surface area contributed by atoms with Crippen LogP contribution in [0.25, 0.3) is 22.3 Å². The third-order valence-electron chi connectivity index (χ3n) is 8.73. The van der Waals surface area contributed by atoms with Crippen molar-refractivity contribution >= 4 is 0 Å². The van der Waals surface area contributed by atoms with Crippen molar-refractivity contribution in [2.75, 3.05) is 6.61 Å². The van der Waals surface area contributed by atoms with Crippen LogP contribution in [-0.4, -0.2) is 6.61 Å². The summed E-state index contributed by atoms with van der Waals surface area (Å²) in [5.41, 5.74) is 12.3. The minimum Gasteiger partial charge on any atom is -0.493 e. The molecule has 1 heteroatoms. The van der Waals surface area contributed by atoms with E-state index < -0.39 is 0 Å². The van der Waals surface area contributed by atoms with Gasteiger partial charge in [-0.25, -0.2) is 0 Å². The summed E-state index contributed by atoms with van der Waals surface area (Å²) in [6, 6.07) is 31.9. The predicted molar refractivity (Wildman–Crippen MR) is 178 cm³/mol. The summed E-state index contributed by atoms with van der Waals surface area (Å²) in [6.07, 6.45) is 10.6. The SMILES string of the molecule is CCCCCc1ccc(-c2ccc(-c3ccc(CCc4ccc(OCC(CC)CC)cc4)cc3)cc2C)cc1CC. The maximum absolute atomic E-state index is 6.00. The van der Waals surface area contributed by atoms with Crippen LogP contribution in [0.3, 0.4) is 0 Å². The van der Waals surface area contributed by atoms with Gasteiger partial charge in [-0.15, -0.1) is 0 Å². The Balaban J connectivity index is 1.36. The topological polar surface area (TPSA) is 9.23 Å². The van der Waals surface area contributed by atoms with Gasteiger partial charge < -0.3 is 4.74 Å². The zero-order chi connectivity index (χ0) is 29.0. The molecule has 0 heterocycles. The quantitative estimate of drug-likeness (QED) is 0.135. The number of hydrogen-bond acceptors (Lipinski definition) is 1. The molecule has 0 aliphatic heterocycles. The Morgan fingerprint density at radius 2 is 1.22 bits per heavy atom. The van der Waals surface area contributed by atoms with Gasteiger partial charge in [-0.05, 0) is 107 Å². The van der Waals surface area contributed by atoms with Crippen molar-refractivity contribution in [1.29, 1.82) is 0 Å². The van der Waals surface area contributed by atoms with E-state index in [9.17, 15) is 0 Å². The van der Waals surface area contributed by atoms with E-state index in [1.165, 1.54) is 88.6 Å². The van der Waals surface area contributed by atoms with E-state index in [4.69, 9.17) is 4.74 Å². The van der Waals surface area contributed by atoms with E-state index in [2.05, 4.69) is 120 Å². The summed E-state index contributed by atoms with van der Waals surface area (Å²) in [7, 11) is 0. The fourth-order valence-electron chi connectivity index (χ4n) is 5.74. The molecule has 0 bridgehead atoms. The Morgan fingerprint density at radius 1 is 0.585 bits per heavy atom. The van der Waals surface area contributed by atoms with Gasteiger partial charge in [0.2, 0.25) is 0 Å². The molecule has 0 N–H and O–H groups in total. The van der Waals surface area contributed by atoms with Crippen LogP contribution in [0.1, 0.15) is 87.6 Å². The molecule has 216 valence electrons. The Labute approximate surface area is 250 Å². The lowest BCUT2D eigenvalue weighted by Gasteiger charge is -2.14. The average molecular weight is 547 g/mol. The number of unbranched alkanes of at least 4 members (excludes halogenated alkanes) is 2. The van der Waals surface area contributed by atoms with Gasteiger partial charge in [0.25, 0.3) is 0 Å². The molecule has 0 atom stereocenters. The smallest absolute Gasteiger partial charge is 0.119 e. The van der Waals surface area contributed by atoms with E-state index >= 15 is 0 Å². The lowest BCUT2D eigenvalue weighted by Crippen LogP contribution is -2.09. The van der Waals surface area contributed by atoms with Gasteiger partial charge in [0.1, 0.15) is 5.75 Å². The molecule has 0 fully saturated rings. The van der Waals surface area contributed by atoms with Crippen LogP contribution in [0.5, 0.6) is 5.75 Å². The van der Waals surface area contributed by atoms with Crippen molar-refractivity contribution in [3.63, 3.8) is 0 Å². The summed E-state index contributed by atoms with van der Waals surface area (Å²) in [5, 5.41) is 0. The van der Waals surface area contributed by atoms with E-state index in [-0.39, 0.29) is 0 Å². The highest BCUT2D eigenvalue weighted by Gasteiger charge is 2.09. The lowest BCUT2D eigenvalue weighted by atomic mass is 9.91. The second-order valence-corrected chi connectivity index (χ2v) is 11.7. The molecular weight excluding hydrogens is 496 g/mol. The fraction of sp³-hybridized carbons (Fsp3) is 0.400. The van der Waals surface area contributed by atoms with Crippen molar-refractivity contribution in [2.24, 2.45) is 5.92 Å². The summed E-state index contributed by atoms with van der Waals surface area (Å²) in [5.74, 6) is 1.63. The molecule has 4 aromatic carbocycles. The normalized spacial score (nSPS) is 11.3. The molecule has 0 spiro atoms. The highest BCUT2D eigenvalue weighted by Crippen LogP contribution is 2.31. The molecule has 0 amide bonds. The first-order valence-electron chi connectivity index (χ1n) is 16.1. The predicted octanol–water partition coefficient (Wildman–Crippen LogP) is 11.2. The summed E-state index contributed by atoms with van der Waals surface area (Å²) < 4.78 is 6.00.